The smallest absolute Gasteiger partial charge is 0.322 e. The second kappa shape index (κ2) is 9.79. The maximum atomic E-state index is 13.3. The van der Waals surface area contributed by atoms with E-state index in [1.54, 1.807) is 0 Å². The van der Waals surface area contributed by atoms with Crippen LogP contribution in [0.5, 0.6) is 0 Å². The molecule has 1 fully saturated rings. The summed E-state index contributed by atoms with van der Waals surface area (Å²) >= 11 is 0. The fourth-order valence-electron chi connectivity index (χ4n) is 4.27. The van der Waals surface area contributed by atoms with Crippen molar-refractivity contribution in [3.05, 3.63) is 121 Å². The third kappa shape index (κ3) is 4.40. The van der Waals surface area contributed by atoms with E-state index in [2.05, 4.69) is 48.5 Å². The lowest BCUT2D eigenvalue weighted by molar-refractivity contribution is -0.151. The first kappa shape index (κ1) is 21.7. The number of carbonyl (C=O) groups is 2. The topological polar surface area (TPSA) is 43.4 Å². The summed E-state index contributed by atoms with van der Waals surface area (Å²) < 4.78 is 5.39. The number of cyclic esters (lactones) is 2. The van der Waals surface area contributed by atoms with Crippen LogP contribution in [0.4, 0.5) is 0 Å². The molecule has 2 atom stereocenters. The van der Waals surface area contributed by atoms with Crippen molar-refractivity contribution in [3.8, 4) is 0 Å². The fraction of sp³-hybridized carbons (Fsp3) is 0.0714. The first-order valence-corrected chi connectivity index (χ1v) is 13.6. The highest BCUT2D eigenvalue weighted by Gasteiger charge is 2.53. The summed E-state index contributed by atoms with van der Waals surface area (Å²) in [6.07, 6.45) is 0. The zero-order valence-electron chi connectivity index (χ0n) is 17.8. The Morgan fingerprint density at radius 3 is 0.909 bits per heavy atom. The Labute approximate surface area is 195 Å². The van der Waals surface area contributed by atoms with E-state index in [9.17, 15) is 9.59 Å². The van der Waals surface area contributed by atoms with Gasteiger partial charge in [0.1, 0.15) is 11.3 Å². The molecular weight excluding hydrogens is 446 g/mol. The van der Waals surface area contributed by atoms with Crippen LogP contribution in [0.1, 0.15) is 0 Å². The fourth-order valence-corrected chi connectivity index (χ4v) is 10.3. The molecule has 0 spiro atoms. The van der Waals surface area contributed by atoms with Crippen LogP contribution in [0.15, 0.2) is 121 Å². The van der Waals surface area contributed by atoms with Crippen molar-refractivity contribution in [3.63, 3.8) is 0 Å². The molecule has 4 aromatic rings. The Bertz CT molecular complexity index is 1050. The molecular formula is C28H22O3P2. The van der Waals surface area contributed by atoms with Gasteiger partial charge in [-0.15, -0.1) is 0 Å². The van der Waals surface area contributed by atoms with Gasteiger partial charge in [0.05, 0.1) is 0 Å². The zero-order valence-corrected chi connectivity index (χ0v) is 19.6. The Balaban J connectivity index is 1.69. The number of ether oxygens (including phenoxy) is 1. The molecule has 1 heterocycles. The summed E-state index contributed by atoms with van der Waals surface area (Å²) in [5.74, 6) is -0.827. The quantitative estimate of drug-likeness (QED) is 0.244. The van der Waals surface area contributed by atoms with Crippen molar-refractivity contribution in [2.24, 2.45) is 0 Å². The SMILES string of the molecule is O=C1OC(=O)C(P(c2ccccc2)c2ccccc2)C1P(c1ccccc1)c1ccccc1. The van der Waals surface area contributed by atoms with Gasteiger partial charge in [-0.05, 0) is 37.1 Å². The monoisotopic (exact) mass is 468 g/mol. The van der Waals surface area contributed by atoms with Gasteiger partial charge < -0.3 is 4.74 Å². The maximum Gasteiger partial charge on any atom is 0.322 e. The van der Waals surface area contributed by atoms with Crippen LogP contribution in [0.25, 0.3) is 0 Å². The van der Waals surface area contributed by atoms with E-state index in [1.807, 2.05) is 72.8 Å². The predicted molar refractivity (Wildman–Crippen MR) is 137 cm³/mol. The molecule has 5 rings (SSSR count). The molecule has 0 bridgehead atoms. The van der Waals surface area contributed by atoms with Gasteiger partial charge in [0.2, 0.25) is 0 Å². The molecule has 0 N–H and O–H groups in total. The van der Waals surface area contributed by atoms with Crippen molar-refractivity contribution in [1.82, 2.24) is 0 Å². The molecule has 4 aromatic carbocycles. The normalized spacial score (nSPS) is 18.0. The first-order valence-electron chi connectivity index (χ1n) is 10.8. The molecule has 0 aromatic heterocycles. The maximum absolute atomic E-state index is 13.3. The van der Waals surface area contributed by atoms with Crippen LogP contribution in [0, 0.1) is 0 Å². The number of rotatable bonds is 6. The van der Waals surface area contributed by atoms with Gasteiger partial charge >= 0.3 is 11.9 Å². The third-order valence-electron chi connectivity index (χ3n) is 5.68. The molecule has 5 heteroatoms. The van der Waals surface area contributed by atoms with Gasteiger partial charge in [-0.3, -0.25) is 9.59 Å². The van der Waals surface area contributed by atoms with Gasteiger partial charge in [-0.1, -0.05) is 121 Å². The van der Waals surface area contributed by atoms with Crippen LogP contribution in [-0.4, -0.2) is 23.3 Å². The van der Waals surface area contributed by atoms with E-state index < -0.39 is 39.1 Å². The molecule has 1 aliphatic rings. The molecule has 0 saturated carbocycles. The van der Waals surface area contributed by atoms with Gasteiger partial charge in [0.15, 0.2) is 0 Å². The molecule has 3 nitrogen and oxygen atoms in total. The summed E-state index contributed by atoms with van der Waals surface area (Å²) in [5.41, 5.74) is -1.10. The highest BCUT2D eigenvalue weighted by atomic mass is 31.1. The third-order valence-corrected chi connectivity index (χ3v) is 11.5. The van der Waals surface area contributed by atoms with Gasteiger partial charge in [-0.2, -0.15) is 0 Å². The molecule has 1 saturated heterocycles. The van der Waals surface area contributed by atoms with Crippen LogP contribution >= 0.6 is 15.8 Å². The van der Waals surface area contributed by atoms with Gasteiger partial charge in [-0.25, -0.2) is 0 Å². The Morgan fingerprint density at radius 1 is 0.424 bits per heavy atom. The van der Waals surface area contributed by atoms with Crippen molar-refractivity contribution < 1.29 is 14.3 Å². The summed E-state index contributed by atoms with van der Waals surface area (Å²) in [6, 6.07) is 40.2. The van der Waals surface area contributed by atoms with Crippen LogP contribution in [0.2, 0.25) is 0 Å². The summed E-state index contributed by atoms with van der Waals surface area (Å²) in [4.78, 5) is 26.7. The molecule has 0 amide bonds. The molecule has 33 heavy (non-hydrogen) atoms. The van der Waals surface area contributed by atoms with E-state index in [0.717, 1.165) is 21.2 Å². The van der Waals surface area contributed by atoms with Crippen LogP contribution in [0.3, 0.4) is 0 Å². The second-order valence-corrected chi connectivity index (χ2v) is 12.4. The van der Waals surface area contributed by atoms with Crippen molar-refractivity contribution >= 4 is 49.0 Å². The summed E-state index contributed by atoms with van der Waals surface area (Å²) in [5, 5.41) is 4.26. The molecule has 162 valence electrons. The van der Waals surface area contributed by atoms with Crippen molar-refractivity contribution in [2.75, 3.05) is 0 Å². The second-order valence-electron chi connectivity index (χ2n) is 7.71. The number of carbonyl (C=O) groups excluding carboxylic acids is 2. The number of hydrogen-bond acceptors (Lipinski definition) is 3. The predicted octanol–water partition coefficient (Wildman–Crippen LogP) is 4.07. The van der Waals surface area contributed by atoms with Crippen molar-refractivity contribution in [2.45, 2.75) is 11.3 Å². The van der Waals surface area contributed by atoms with Crippen molar-refractivity contribution in [1.29, 1.82) is 0 Å². The van der Waals surface area contributed by atoms with Crippen LogP contribution in [-0.2, 0) is 14.3 Å². The molecule has 0 radical (unpaired) electrons. The lowest BCUT2D eigenvalue weighted by atomic mass is 10.3. The zero-order chi connectivity index (χ0) is 22.6. The summed E-state index contributed by atoms with van der Waals surface area (Å²) in [7, 11) is -2.30. The molecule has 0 aliphatic carbocycles. The Hall–Kier alpha value is -3.12. The minimum atomic E-state index is -1.15. The lowest BCUT2D eigenvalue weighted by Gasteiger charge is -2.31. The number of benzene rings is 4. The van der Waals surface area contributed by atoms with Gasteiger partial charge in [0.25, 0.3) is 0 Å². The Kier molecular flexibility index (Phi) is 6.44. The lowest BCUT2D eigenvalue weighted by Crippen LogP contribution is -2.37. The molecule has 1 aliphatic heterocycles. The first-order chi connectivity index (χ1) is 16.2. The minimum Gasteiger partial charge on any atom is -0.392 e. The van der Waals surface area contributed by atoms with E-state index >= 15 is 0 Å². The number of hydrogen-bond donors (Lipinski definition) is 0. The van der Waals surface area contributed by atoms with E-state index in [0.29, 0.717) is 0 Å². The molecule has 2 unspecified atom stereocenters. The average Bonchev–Trinajstić information content (AvgIpc) is 3.15. The average molecular weight is 468 g/mol. The minimum absolute atomic E-state index is 0.414. The van der Waals surface area contributed by atoms with E-state index in [4.69, 9.17) is 4.74 Å². The highest BCUT2D eigenvalue weighted by molar-refractivity contribution is 7.78. The largest absolute Gasteiger partial charge is 0.392 e. The Morgan fingerprint density at radius 2 is 0.667 bits per heavy atom. The highest BCUT2D eigenvalue weighted by Crippen LogP contribution is 2.54. The standard InChI is InChI=1S/C28H22O3P2/c29-27-25(32(21-13-5-1-6-14-21)22-15-7-2-8-16-22)26(28(30)31-27)33(23-17-9-3-10-18-23)24-19-11-4-12-20-24/h1-20,25-26H. The van der Waals surface area contributed by atoms with Crippen LogP contribution < -0.4 is 21.2 Å². The van der Waals surface area contributed by atoms with E-state index in [1.165, 1.54) is 0 Å². The van der Waals surface area contributed by atoms with Gasteiger partial charge in [0, 0.05) is 0 Å². The van der Waals surface area contributed by atoms with E-state index in [-0.39, 0.29) is 0 Å². The summed E-state index contributed by atoms with van der Waals surface area (Å²) in [6.45, 7) is 0. The number of esters is 2.